The summed E-state index contributed by atoms with van der Waals surface area (Å²) < 4.78 is 38.5. The minimum Gasteiger partial charge on any atom is -0.444 e. The van der Waals surface area contributed by atoms with Crippen LogP contribution in [0.3, 0.4) is 0 Å². The van der Waals surface area contributed by atoms with E-state index in [0.717, 1.165) is 6.07 Å². The molecule has 0 aliphatic carbocycles. The summed E-state index contributed by atoms with van der Waals surface area (Å²) in [5.41, 5.74) is -1.74. The molecule has 2 atom stereocenters. The second-order valence-electron chi connectivity index (χ2n) is 6.64. The molecule has 1 saturated heterocycles. The highest BCUT2D eigenvalue weighted by Crippen LogP contribution is 2.36. The molecule has 2 rings (SSSR count). The van der Waals surface area contributed by atoms with Gasteiger partial charge in [-0.15, -0.1) is 0 Å². The van der Waals surface area contributed by atoms with Gasteiger partial charge in [-0.2, -0.15) is 0 Å². The summed E-state index contributed by atoms with van der Waals surface area (Å²) >= 11 is 0. The largest absolute Gasteiger partial charge is 0.444 e. The number of ether oxygens (including phenoxy) is 2. The van der Waals surface area contributed by atoms with Crippen LogP contribution in [-0.4, -0.2) is 24.4 Å². The van der Waals surface area contributed by atoms with Gasteiger partial charge in [0.1, 0.15) is 5.60 Å². The lowest BCUT2D eigenvalue weighted by Gasteiger charge is -2.31. The van der Waals surface area contributed by atoms with E-state index in [4.69, 9.17) is 9.47 Å². The van der Waals surface area contributed by atoms with Crippen molar-refractivity contribution < 1.29 is 23.0 Å². The van der Waals surface area contributed by atoms with E-state index in [2.05, 4.69) is 5.32 Å². The first-order valence-corrected chi connectivity index (χ1v) is 7.20. The lowest BCUT2D eigenvalue weighted by atomic mass is 9.87. The van der Waals surface area contributed by atoms with Crippen LogP contribution in [0, 0.1) is 11.6 Å². The third kappa shape index (κ3) is 3.55. The molecule has 122 valence electrons. The molecule has 1 aromatic rings. The van der Waals surface area contributed by atoms with Crippen molar-refractivity contribution >= 4 is 6.09 Å². The van der Waals surface area contributed by atoms with Crippen LogP contribution in [0.4, 0.5) is 13.6 Å². The minimum atomic E-state index is -1.13. The molecular formula is C16H21F2NO3. The zero-order valence-corrected chi connectivity index (χ0v) is 13.2. The maximum Gasteiger partial charge on any atom is 0.408 e. The summed E-state index contributed by atoms with van der Waals surface area (Å²) in [5.74, 6) is -1.93. The molecule has 0 saturated carbocycles. The fourth-order valence-electron chi connectivity index (χ4n) is 2.61. The van der Waals surface area contributed by atoms with E-state index in [0.29, 0.717) is 6.42 Å². The Morgan fingerprint density at radius 1 is 1.41 bits per heavy atom. The summed E-state index contributed by atoms with van der Waals surface area (Å²) in [6.45, 7) is 7.07. The fraction of sp³-hybridized carbons (Fsp3) is 0.562. The van der Waals surface area contributed by atoms with E-state index >= 15 is 0 Å². The number of carbonyl (C=O) groups is 1. The van der Waals surface area contributed by atoms with Gasteiger partial charge in [0.05, 0.1) is 18.2 Å². The van der Waals surface area contributed by atoms with Gasteiger partial charge in [-0.25, -0.2) is 13.6 Å². The molecular weight excluding hydrogens is 292 g/mol. The highest BCUT2D eigenvalue weighted by molar-refractivity contribution is 5.69. The van der Waals surface area contributed by atoms with E-state index in [9.17, 15) is 13.6 Å². The average Bonchev–Trinajstić information content (AvgIpc) is 2.72. The second kappa shape index (κ2) is 5.83. The van der Waals surface area contributed by atoms with Crippen LogP contribution >= 0.6 is 0 Å². The first-order chi connectivity index (χ1) is 10.1. The zero-order chi connectivity index (χ0) is 16.5. The molecule has 1 aromatic carbocycles. The molecule has 1 amide bonds. The fourth-order valence-corrected chi connectivity index (χ4v) is 2.61. The molecule has 0 unspecified atom stereocenters. The number of rotatable bonds is 2. The molecule has 1 fully saturated rings. The number of amides is 1. The molecule has 0 spiro atoms. The van der Waals surface area contributed by atoms with Crippen LogP contribution in [0.15, 0.2) is 18.2 Å². The number of carbonyl (C=O) groups excluding carboxylic acids is 1. The van der Waals surface area contributed by atoms with Gasteiger partial charge < -0.3 is 14.8 Å². The molecule has 1 aliphatic rings. The Balaban J connectivity index is 2.33. The molecule has 4 nitrogen and oxygen atoms in total. The number of nitrogens with one attached hydrogen (secondary N) is 1. The second-order valence-corrected chi connectivity index (χ2v) is 6.64. The van der Waals surface area contributed by atoms with Crippen LogP contribution in [0.2, 0.25) is 0 Å². The maximum atomic E-state index is 14.2. The van der Waals surface area contributed by atoms with Gasteiger partial charge >= 0.3 is 6.09 Å². The summed E-state index contributed by atoms with van der Waals surface area (Å²) in [4.78, 5) is 12.1. The van der Waals surface area contributed by atoms with Crippen molar-refractivity contribution in [1.29, 1.82) is 0 Å². The Bertz CT molecular complexity index is 571. The Kier molecular flexibility index (Phi) is 4.42. The van der Waals surface area contributed by atoms with Gasteiger partial charge in [0.15, 0.2) is 11.6 Å². The van der Waals surface area contributed by atoms with E-state index in [-0.39, 0.29) is 18.3 Å². The van der Waals surface area contributed by atoms with Gasteiger partial charge in [0.25, 0.3) is 0 Å². The normalized spacial score (nSPS) is 25.1. The smallest absolute Gasteiger partial charge is 0.408 e. The summed E-state index contributed by atoms with van der Waals surface area (Å²) in [6, 6.07) is 3.91. The van der Waals surface area contributed by atoms with Gasteiger partial charge in [0.2, 0.25) is 0 Å². The number of alkyl carbamates (subject to hydrolysis) is 1. The third-order valence-electron chi connectivity index (χ3n) is 3.46. The molecule has 6 heteroatoms. The van der Waals surface area contributed by atoms with Crippen LogP contribution in [0.25, 0.3) is 0 Å². The SMILES string of the molecule is C[C@@H]1C[C@](NC(=O)OC(C)(C)C)(c2cccc(F)c2F)CO1. The van der Waals surface area contributed by atoms with Crippen LogP contribution < -0.4 is 5.32 Å². The quantitative estimate of drug-likeness (QED) is 0.909. The van der Waals surface area contributed by atoms with Gasteiger partial charge in [-0.3, -0.25) is 0 Å². The predicted molar refractivity (Wildman–Crippen MR) is 77.4 cm³/mol. The average molecular weight is 313 g/mol. The van der Waals surface area contributed by atoms with Crippen molar-refractivity contribution in [1.82, 2.24) is 5.32 Å². The van der Waals surface area contributed by atoms with Gasteiger partial charge in [0, 0.05) is 12.0 Å². The molecule has 1 heterocycles. The molecule has 0 radical (unpaired) electrons. The van der Waals surface area contributed by atoms with Crippen molar-refractivity contribution in [3.63, 3.8) is 0 Å². The molecule has 1 N–H and O–H groups in total. The van der Waals surface area contributed by atoms with Crippen LogP contribution in [-0.2, 0) is 15.0 Å². The number of hydrogen-bond donors (Lipinski definition) is 1. The summed E-state index contributed by atoms with van der Waals surface area (Å²) in [7, 11) is 0. The summed E-state index contributed by atoms with van der Waals surface area (Å²) in [5, 5.41) is 2.67. The van der Waals surface area contributed by atoms with Crippen molar-refractivity contribution in [2.75, 3.05) is 6.61 Å². The Labute approximate surface area is 128 Å². The Hall–Kier alpha value is -1.69. The molecule has 0 bridgehead atoms. The third-order valence-corrected chi connectivity index (χ3v) is 3.46. The van der Waals surface area contributed by atoms with Crippen molar-refractivity contribution in [2.45, 2.75) is 51.4 Å². The molecule has 22 heavy (non-hydrogen) atoms. The van der Waals surface area contributed by atoms with Crippen LogP contribution in [0.5, 0.6) is 0 Å². The Morgan fingerprint density at radius 3 is 2.64 bits per heavy atom. The van der Waals surface area contributed by atoms with Gasteiger partial charge in [-0.1, -0.05) is 12.1 Å². The van der Waals surface area contributed by atoms with E-state index in [1.54, 1.807) is 20.8 Å². The Morgan fingerprint density at radius 2 is 2.09 bits per heavy atom. The first-order valence-electron chi connectivity index (χ1n) is 7.20. The minimum absolute atomic E-state index is 0.0633. The van der Waals surface area contributed by atoms with Crippen LogP contribution in [0.1, 0.15) is 39.7 Å². The highest BCUT2D eigenvalue weighted by Gasteiger charge is 2.44. The summed E-state index contributed by atoms with van der Waals surface area (Å²) in [6.07, 6.45) is -0.529. The lowest BCUT2D eigenvalue weighted by molar-refractivity contribution is 0.0427. The van der Waals surface area contributed by atoms with Gasteiger partial charge in [-0.05, 0) is 33.8 Å². The predicted octanol–water partition coefficient (Wildman–Crippen LogP) is 3.49. The highest BCUT2D eigenvalue weighted by atomic mass is 19.2. The topological polar surface area (TPSA) is 47.6 Å². The van der Waals surface area contributed by atoms with Crippen molar-refractivity contribution in [3.8, 4) is 0 Å². The van der Waals surface area contributed by atoms with E-state index in [1.165, 1.54) is 12.1 Å². The first kappa shape index (κ1) is 16.7. The number of halogens is 2. The number of hydrogen-bond acceptors (Lipinski definition) is 3. The standard InChI is InChI=1S/C16H21F2NO3/c1-10-8-16(9-21-10,19-14(20)22-15(2,3)4)11-6-5-7-12(17)13(11)18/h5-7,10H,8-9H2,1-4H3,(H,19,20)/t10-,16-/m1/s1. The monoisotopic (exact) mass is 313 g/mol. The zero-order valence-electron chi connectivity index (χ0n) is 13.2. The lowest BCUT2D eigenvalue weighted by Crippen LogP contribution is -2.49. The van der Waals surface area contributed by atoms with E-state index in [1.807, 2.05) is 6.92 Å². The molecule has 0 aromatic heterocycles. The van der Waals surface area contributed by atoms with Crippen molar-refractivity contribution in [3.05, 3.63) is 35.4 Å². The van der Waals surface area contributed by atoms with Crippen molar-refractivity contribution in [2.24, 2.45) is 0 Å². The van der Waals surface area contributed by atoms with E-state index < -0.39 is 28.9 Å². The maximum absolute atomic E-state index is 14.2. The molecule has 1 aliphatic heterocycles. The number of benzene rings is 1.